The van der Waals surface area contributed by atoms with Crippen LogP contribution in [-0.4, -0.2) is 24.4 Å². The van der Waals surface area contributed by atoms with Crippen molar-refractivity contribution in [3.05, 3.63) is 71.9 Å². The number of nitrogens with zero attached hydrogens (tertiary/aromatic N) is 3. The molecule has 0 amide bonds. The molecule has 1 N–H and O–H groups in total. The molecule has 2 heterocycles. The SMILES string of the molecule is CNCc1cc(-c2ccccc2F)n(S(=O)(=O)c2cccnc2)c1C#N. The Morgan fingerprint density at radius 2 is 2.04 bits per heavy atom. The van der Waals surface area contributed by atoms with Crippen molar-refractivity contribution < 1.29 is 12.8 Å². The first-order valence-corrected chi connectivity index (χ1v) is 9.14. The molecule has 3 rings (SSSR count). The minimum atomic E-state index is -4.14. The van der Waals surface area contributed by atoms with Crippen LogP contribution in [0.5, 0.6) is 0 Å². The Bertz CT molecular complexity index is 1090. The van der Waals surface area contributed by atoms with Crippen molar-refractivity contribution in [2.75, 3.05) is 7.05 Å². The summed E-state index contributed by atoms with van der Waals surface area (Å²) in [6.45, 7) is 0.264. The van der Waals surface area contributed by atoms with Crippen LogP contribution in [0.1, 0.15) is 11.3 Å². The molecule has 0 aliphatic carbocycles. The number of halogens is 1. The number of aromatic nitrogens is 2. The summed E-state index contributed by atoms with van der Waals surface area (Å²) in [5, 5.41) is 12.5. The van der Waals surface area contributed by atoms with Gasteiger partial charge in [-0.15, -0.1) is 0 Å². The third-order valence-electron chi connectivity index (χ3n) is 3.83. The van der Waals surface area contributed by atoms with E-state index in [-0.39, 0.29) is 28.4 Å². The van der Waals surface area contributed by atoms with E-state index in [1.807, 2.05) is 6.07 Å². The third kappa shape index (κ3) is 2.98. The first kappa shape index (κ1) is 17.8. The molecule has 0 fully saturated rings. The van der Waals surface area contributed by atoms with Gasteiger partial charge in [0.05, 0.1) is 5.69 Å². The summed E-state index contributed by atoms with van der Waals surface area (Å²) in [4.78, 5) is 3.75. The molecule has 132 valence electrons. The lowest BCUT2D eigenvalue weighted by Crippen LogP contribution is -2.17. The van der Waals surface area contributed by atoms with Crippen molar-refractivity contribution in [3.63, 3.8) is 0 Å². The number of hydrogen-bond acceptors (Lipinski definition) is 5. The Morgan fingerprint density at radius 1 is 1.27 bits per heavy atom. The van der Waals surface area contributed by atoms with Crippen LogP contribution in [0.4, 0.5) is 4.39 Å². The van der Waals surface area contributed by atoms with Gasteiger partial charge in [0.1, 0.15) is 22.5 Å². The van der Waals surface area contributed by atoms with Crippen molar-refractivity contribution in [1.29, 1.82) is 5.26 Å². The summed E-state index contributed by atoms with van der Waals surface area (Å²) in [5.74, 6) is -0.576. The van der Waals surface area contributed by atoms with Crippen molar-refractivity contribution in [3.8, 4) is 17.3 Å². The topological polar surface area (TPSA) is 87.8 Å². The molecule has 6 nitrogen and oxygen atoms in total. The molecule has 0 radical (unpaired) electrons. The highest BCUT2D eigenvalue weighted by Crippen LogP contribution is 2.31. The fourth-order valence-electron chi connectivity index (χ4n) is 2.70. The minimum Gasteiger partial charge on any atom is -0.316 e. The van der Waals surface area contributed by atoms with Gasteiger partial charge < -0.3 is 5.32 Å². The van der Waals surface area contributed by atoms with Gasteiger partial charge in [0.25, 0.3) is 10.0 Å². The molecule has 0 bridgehead atoms. The van der Waals surface area contributed by atoms with E-state index in [9.17, 15) is 18.1 Å². The maximum atomic E-state index is 14.4. The van der Waals surface area contributed by atoms with Gasteiger partial charge in [-0.2, -0.15) is 5.26 Å². The van der Waals surface area contributed by atoms with Crippen LogP contribution in [0.15, 0.2) is 59.8 Å². The van der Waals surface area contributed by atoms with Crippen LogP contribution in [0, 0.1) is 17.1 Å². The zero-order valence-electron chi connectivity index (χ0n) is 13.8. The standard InChI is InChI=1S/C18H15FN4O2S/c1-21-11-13-9-17(15-6-2-3-7-16(15)19)23(18(13)10-20)26(24,25)14-5-4-8-22-12-14/h2-9,12,21H,11H2,1H3. The second kappa shape index (κ2) is 7.07. The van der Waals surface area contributed by atoms with Gasteiger partial charge in [-0.05, 0) is 37.4 Å². The smallest absolute Gasteiger partial charge is 0.270 e. The number of benzene rings is 1. The minimum absolute atomic E-state index is 0.0681. The Kier molecular flexibility index (Phi) is 4.84. The predicted molar refractivity (Wildman–Crippen MR) is 94.1 cm³/mol. The Hall–Kier alpha value is -3.02. The van der Waals surface area contributed by atoms with E-state index in [0.29, 0.717) is 5.56 Å². The first-order chi connectivity index (χ1) is 12.5. The number of rotatable bonds is 5. The molecular weight excluding hydrogens is 355 g/mol. The van der Waals surface area contributed by atoms with Crippen molar-refractivity contribution >= 4 is 10.0 Å². The lowest BCUT2D eigenvalue weighted by Gasteiger charge is -2.12. The number of hydrogen-bond donors (Lipinski definition) is 1. The Morgan fingerprint density at radius 3 is 2.65 bits per heavy atom. The Balaban J connectivity index is 2.37. The van der Waals surface area contributed by atoms with E-state index in [0.717, 1.165) is 3.97 Å². The van der Waals surface area contributed by atoms with E-state index in [4.69, 9.17) is 0 Å². The highest BCUT2D eigenvalue weighted by molar-refractivity contribution is 7.90. The van der Waals surface area contributed by atoms with E-state index in [2.05, 4.69) is 10.3 Å². The number of pyridine rings is 1. The van der Waals surface area contributed by atoms with E-state index in [1.54, 1.807) is 13.1 Å². The average Bonchev–Trinajstić information content (AvgIpc) is 3.02. The van der Waals surface area contributed by atoms with Crippen molar-refractivity contribution in [2.45, 2.75) is 11.4 Å². The fraction of sp³-hybridized carbons (Fsp3) is 0.111. The van der Waals surface area contributed by atoms with E-state index >= 15 is 0 Å². The van der Waals surface area contributed by atoms with Crippen LogP contribution >= 0.6 is 0 Å². The fourth-order valence-corrected chi connectivity index (χ4v) is 4.16. The Labute approximate surface area is 150 Å². The van der Waals surface area contributed by atoms with Gasteiger partial charge in [0, 0.05) is 30.1 Å². The molecule has 26 heavy (non-hydrogen) atoms. The molecule has 3 aromatic rings. The number of nitrogens with one attached hydrogen (secondary N) is 1. The van der Waals surface area contributed by atoms with E-state index < -0.39 is 15.8 Å². The lowest BCUT2D eigenvalue weighted by molar-refractivity contribution is 0.586. The maximum absolute atomic E-state index is 14.4. The van der Waals surface area contributed by atoms with Crippen LogP contribution in [0.2, 0.25) is 0 Å². The summed E-state index contributed by atoms with van der Waals surface area (Å²) in [7, 11) is -2.46. The number of nitriles is 1. The highest BCUT2D eigenvalue weighted by atomic mass is 32.2. The molecular formula is C18H15FN4O2S. The van der Waals surface area contributed by atoms with E-state index in [1.165, 1.54) is 48.8 Å². The lowest BCUT2D eigenvalue weighted by atomic mass is 10.1. The molecule has 0 spiro atoms. The largest absolute Gasteiger partial charge is 0.316 e. The summed E-state index contributed by atoms with van der Waals surface area (Å²) >= 11 is 0. The van der Waals surface area contributed by atoms with Crippen molar-refractivity contribution in [1.82, 2.24) is 14.3 Å². The van der Waals surface area contributed by atoms with Crippen LogP contribution in [0.3, 0.4) is 0 Å². The van der Waals surface area contributed by atoms with Crippen LogP contribution in [-0.2, 0) is 16.6 Å². The maximum Gasteiger partial charge on any atom is 0.270 e. The van der Waals surface area contributed by atoms with Crippen LogP contribution in [0.25, 0.3) is 11.3 Å². The van der Waals surface area contributed by atoms with Gasteiger partial charge in [0.2, 0.25) is 0 Å². The van der Waals surface area contributed by atoms with Crippen molar-refractivity contribution in [2.24, 2.45) is 0 Å². The predicted octanol–water partition coefficient (Wildman–Crippen LogP) is 2.52. The summed E-state index contributed by atoms with van der Waals surface area (Å²) in [6, 6.07) is 12.2. The molecule has 0 saturated carbocycles. The normalized spacial score (nSPS) is 11.3. The zero-order chi connectivity index (χ0) is 18.7. The molecule has 0 aliphatic heterocycles. The molecule has 2 aromatic heterocycles. The monoisotopic (exact) mass is 370 g/mol. The average molecular weight is 370 g/mol. The highest BCUT2D eigenvalue weighted by Gasteiger charge is 2.28. The second-order valence-corrected chi connectivity index (χ2v) is 7.27. The molecule has 0 saturated heterocycles. The van der Waals surface area contributed by atoms with Gasteiger partial charge >= 0.3 is 0 Å². The molecule has 0 atom stereocenters. The third-order valence-corrected chi connectivity index (χ3v) is 5.53. The molecule has 0 unspecified atom stereocenters. The molecule has 8 heteroatoms. The van der Waals surface area contributed by atoms with Gasteiger partial charge in [-0.25, -0.2) is 16.8 Å². The summed E-state index contributed by atoms with van der Waals surface area (Å²) in [6.07, 6.45) is 2.64. The van der Waals surface area contributed by atoms with Gasteiger partial charge in [-0.1, -0.05) is 12.1 Å². The van der Waals surface area contributed by atoms with Gasteiger partial charge in [0.15, 0.2) is 0 Å². The quantitative estimate of drug-likeness (QED) is 0.746. The first-order valence-electron chi connectivity index (χ1n) is 7.70. The summed E-state index contributed by atoms with van der Waals surface area (Å²) in [5.41, 5.74) is 0.578. The second-order valence-electron chi connectivity index (χ2n) is 5.48. The summed E-state index contributed by atoms with van der Waals surface area (Å²) < 4.78 is 41.6. The van der Waals surface area contributed by atoms with Crippen LogP contribution < -0.4 is 5.32 Å². The van der Waals surface area contributed by atoms with Gasteiger partial charge in [-0.3, -0.25) is 4.98 Å². The molecule has 0 aliphatic rings. The molecule has 1 aromatic carbocycles. The zero-order valence-corrected chi connectivity index (χ0v) is 14.7.